The van der Waals surface area contributed by atoms with Crippen molar-refractivity contribution < 1.29 is 18.0 Å². The zero-order chi connectivity index (χ0) is 23.3. The number of benzene rings is 2. The summed E-state index contributed by atoms with van der Waals surface area (Å²) in [6.45, 7) is 8.98. The first-order valence-corrected chi connectivity index (χ1v) is 12.3. The van der Waals surface area contributed by atoms with Crippen LogP contribution >= 0.6 is 0 Å². The van der Waals surface area contributed by atoms with Gasteiger partial charge >= 0.3 is 6.03 Å². The van der Waals surface area contributed by atoms with Crippen LogP contribution in [-0.4, -0.2) is 74.3 Å². The Bertz CT molecular complexity index is 1040. The van der Waals surface area contributed by atoms with Gasteiger partial charge in [-0.2, -0.15) is 0 Å². The summed E-state index contributed by atoms with van der Waals surface area (Å²) in [4.78, 5) is 30.6. The standard InChI is InChI=1S/C23H30N4O4S/c1-4-25(5-2)23(29)27-16-14-26(15-17-27)22(28)19-8-12-21(13-9-19)32(30,31)24-20-10-6-18(3)7-11-20/h6-13,24H,4-5,14-17H2,1-3H3. The van der Waals surface area contributed by atoms with E-state index >= 15 is 0 Å². The van der Waals surface area contributed by atoms with Gasteiger partial charge in [-0.15, -0.1) is 0 Å². The summed E-state index contributed by atoms with van der Waals surface area (Å²) in [5.74, 6) is -0.171. The largest absolute Gasteiger partial charge is 0.335 e. The molecule has 3 amide bonds. The van der Waals surface area contributed by atoms with Crippen molar-refractivity contribution in [3.8, 4) is 0 Å². The fraction of sp³-hybridized carbons (Fsp3) is 0.391. The second kappa shape index (κ2) is 10.0. The number of piperazine rings is 1. The van der Waals surface area contributed by atoms with Crippen LogP contribution in [0.4, 0.5) is 10.5 Å². The SMILES string of the molecule is CCN(CC)C(=O)N1CCN(C(=O)c2ccc(S(=O)(=O)Nc3ccc(C)cc3)cc2)CC1. The first-order valence-electron chi connectivity index (χ1n) is 10.8. The van der Waals surface area contributed by atoms with E-state index in [-0.39, 0.29) is 16.8 Å². The molecule has 1 heterocycles. The number of rotatable bonds is 6. The molecule has 0 unspecified atom stereocenters. The van der Waals surface area contributed by atoms with Crippen LogP contribution in [0.3, 0.4) is 0 Å². The number of amides is 3. The van der Waals surface area contributed by atoms with Crippen molar-refractivity contribution >= 4 is 27.6 Å². The third kappa shape index (κ3) is 5.40. The van der Waals surface area contributed by atoms with Crippen molar-refractivity contribution in [2.24, 2.45) is 0 Å². The summed E-state index contributed by atoms with van der Waals surface area (Å²) in [6.07, 6.45) is 0. The molecule has 2 aromatic rings. The lowest BCUT2D eigenvalue weighted by Gasteiger charge is -2.37. The lowest BCUT2D eigenvalue weighted by Crippen LogP contribution is -2.54. The van der Waals surface area contributed by atoms with Gasteiger partial charge < -0.3 is 14.7 Å². The maximum atomic E-state index is 12.9. The van der Waals surface area contributed by atoms with Crippen LogP contribution in [-0.2, 0) is 10.0 Å². The Morgan fingerprint density at radius 2 is 1.41 bits per heavy atom. The van der Waals surface area contributed by atoms with E-state index in [1.807, 2.05) is 32.9 Å². The summed E-state index contributed by atoms with van der Waals surface area (Å²) in [5.41, 5.74) is 1.93. The lowest BCUT2D eigenvalue weighted by molar-refractivity contribution is 0.0641. The van der Waals surface area contributed by atoms with Crippen LogP contribution in [0.25, 0.3) is 0 Å². The molecule has 0 aliphatic carbocycles. The normalized spacial score (nSPS) is 14.2. The molecular weight excluding hydrogens is 428 g/mol. The third-order valence-electron chi connectivity index (χ3n) is 5.59. The minimum atomic E-state index is -3.75. The van der Waals surface area contributed by atoms with Crippen molar-refractivity contribution in [1.82, 2.24) is 14.7 Å². The Labute approximate surface area is 189 Å². The van der Waals surface area contributed by atoms with Gasteiger partial charge in [-0.1, -0.05) is 17.7 Å². The zero-order valence-electron chi connectivity index (χ0n) is 18.7. The van der Waals surface area contributed by atoms with Gasteiger partial charge in [0.1, 0.15) is 0 Å². The molecule has 8 nitrogen and oxygen atoms in total. The number of hydrogen-bond acceptors (Lipinski definition) is 4. The number of hydrogen-bond donors (Lipinski definition) is 1. The van der Waals surface area contributed by atoms with Gasteiger partial charge in [0.2, 0.25) is 0 Å². The summed E-state index contributed by atoms with van der Waals surface area (Å²) in [6, 6.07) is 13.0. The first kappa shape index (κ1) is 23.6. The molecule has 2 aromatic carbocycles. The maximum absolute atomic E-state index is 12.9. The van der Waals surface area contributed by atoms with Gasteiger partial charge in [0, 0.05) is 50.5 Å². The molecule has 1 N–H and O–H groups in total. The number of nitrogens with one attached hydrogen (secondary N) is 1. The molecule has 0 aromatic heterocycles. The van der Waals surface area contributed by atoms with E-state index in [1.54, 1.807) is 26.8 Å². The molecule has 0 saturated carbocycles. The molecule has 0 radical (unpaired) electrons. The van der Waals surface area contributed by atoms with Crippen molar-refractivity contribution in [1.29, 1.82) is 0 Å². The van der Waals surface area contributed by atoms with Gasteiger partial charge in [0.25, 0.3) is 15.9 Å². The second-order valence-corrected chi connectivity index (χ2v) is 9.41. The Hall–Kier alpha value is -3.07. The minimum absolute atomic E-state index is 0.00210. The summed E-state index contributed by atoms with van der Waals surface area (Å²) < 4.78 is 27.8. The van der Waals surface area contributed by atoms with E-state index in [2.05, 4.69) is 4.72 Å². The van der Waals surface area contributed by atoms with E-state index in [0.717, 1.165) is 5.56 Å². The molecular formula is C23H30N4O4S. The molecule has 1 aliphatic rings. The van der Waals surface area contributed by atoms with Gasteiger partial charge in [-0.3, -0.25) is 9.52 Å². The van der Waals surface area contributed by atoms with Crippen LogP contribution in [0.15, 0.2) is 53.4 Å². The van der Waals surface area contributed by atoms with Crippen LogP contribution in [0, 0.1) is 6.92 Å². The molecule has 1 aliphatic heterocycles. The first-order chi connectivity index (χ1) is 15.2. The summed E-state index contributed by atoms with van der Waals surface area (Å²) in [7, 11) is -3.75. The highest BCUT2D eigenvalue weighted by Gasteiger charge is 2.27. The van der Waals surface area contributed by atoms with Gasteiger partial charge in [-0.05, 0) is 57.2 Å². The van der Waals surface area contributed by atoms with Crippen molar-refractivity contribution in [2.75, 3.05) is 44.0 Å². The predicted octanol–water partition coefficient (Wildman–Crippen LogP) is 3.02. The van der Waals surface area contributed by atoms with Crippen molar-refractivity contribution in [2.45, 2.75) is 25.7 Å². The number of carbonyl (C=O) groups is 2. The van der Waals surface area contributed by atoms with E-state index in [4.69, 9.17) is 0 Å². The molecule has 3 rings (SSSR count). The number of nitrogens with zero attached hydrogens (tertiary/aromatic N) is 3. The van der Waals surface area contributed by atoms with Gasteiger partial charge in [0.15, 0.2) is 0 Å². The topological polar surface area (TPSA) is 90.0 Å². The van der Waals surface area contributed by atoms with E-state index in [9.17, 15) is 18.0 Å². The molecule has 1 saturated heterocycles. The molecule has 0 bridgehead atoms. The highest BCUT2D eigenvalue weighted by atomic mass is 32.2. The summed E-state index contributed by atoms with van der Waals surface area (Å²) >= 11 is 0. The van der Waals surface area contributed by atoms with Crippen LogP contribution < -0.4 is 4.72 Å². The second-order valence-electron chi connectivity index (χ2n) is 7.73. The van der Waals surface area contributed by atoms with Gasteiger partial charge in [-0.25, -0.2) is 13.2 Å². The molecule has 0 atom stereocenters. The Morgan fingerprint density at radius 1 is 0.875 bits per heavy atom. The van der Waals surface area contributed by atoms with E-state index in [0.29, 0.717) is 50.5 Å². The fourth-order valence-electron chi connectivity index (χ4n) is 3.59. The number of anilines is 1. The molecule has 172 valence electrons. The van der Waals surface area contributed by atoms with Crippen molar-refractivity contribution in [3.05, 3.63) is 59.7 Å². The average Bonchev–Trinajstić information content (AvgIpc) is 2.81. The Balaban J connectivity index is 1.62. The number of carbonyl (C=O) groups excluding carboxylic acids is 2. The number of urea groups is 1. The molecule has 0 spiro atoms. The lowest BCUT2D eigenvalue weighted by atomic mass is 10.2. The Kier molecular flexibility index (Phi) is 7.40. The average molecular weight is 459 g/mol. The molecule has 1 fully saturated rings. The number of aryl methyl sites for hydroxylation is 1. The van der Waals surface area contributed by atoms with Crippen molar-refractivity contribution in [3.63, 3.8) is 0 Å². The highest BCUT2D eigenvalue weighted by Crippen LogP contribution is 2.18. The third-order valence-corrected chi connectivity index (χ3v) is 6.98. The maximum Gasteiger partial charge on any atom is 0.320 e. The zero-order valence-corrected chi connectivity index (χ0v) is 19.6. The van der Waals surface area contributed by atoms with Crippen LogP contribution in [0.5, 0.6) is 0 Å². The van der Waals surface area contributed by atoms with Crippen LogP contribution in [0.1, 0.15) is 29.8 Å². The number of sulfonamides is 1. The highest BCUT2D eigenvalue weighted by molar-refractivity contribution is 7.92. The predicted molar refractivity (Wildman–Crippen MR) is 124 cm³/mol. The quantitative estimate of drug-likeness (QED) is 0.721. The Morgan fingerprint density at radius 3 is 1.94 bits per heavy atom. The molecule has 32 heavy (non-hydrogen) atoms. The van der Waals surface area contributed by atoms with Gasteiger partial charge in [0.05, 0.1) is 4.90 Å². The smallest absolute Gasteiger partial charge is 0.320 e. The monoisotopic (exact) mass is 458 g/mol. The minimum Gasteiger partial charge on any atom is -0.335 e. The summed E-state index contributed by atoms with van der Waals surface area (Å²) in [5, 5.41) is 0. The van der Waals surface area contributed by atoms with E-state index in [1.165, 1.54) is 24.3 Å². The van der Waals surface area contributed by atoms with Crippen LogP contribution in [0.2, 0.25) is 0 Å². The molecule has 9 heteroatoms. The van der Waals surface area contributed by atoms with E-state index < -0.39 is 10.0 Å². The fourth-order valence-corrected chi connectivity index (χ4v) is 4.65.